The fraction of sp³-hybridized carbons (Fsp3) is 0.0588. The van der Waals surface area contributed by atoms with E-state index in [1.807, 2.05) is 54.6 Å². The molecule has 0 bridgehead atoms. The molecule has 4 heteroatoms. The Bertz CT molecular complexity index is 837. The lowest BCUT2D eigenvalue weighted by Crippen LogP contribution is -2.04. The van der Waals surface area contributed by atoms with Gasteiger partial charge in [0.25, 0.3) is 0 Å². The lowest BCUT2D eigenvalue weighted by Gasteiger charge is -2.10. The van der Waals surface area contributed by atoms with Crippen LogP contribution in [0.25, 0.3) is 10.9 Å². The summed E-state index contributed by atoms with van der Waals surface area (Å²) in [7, 11) is 0. The van der Waals surface area contributed by atoms with Crippen molar-refractivity contribution in [2.24, 2.45) is 0 Å². The van der Waals surface area contributed by atoms with E-state index in [4.69, 9.17) is 11.6 Å². The van der Waals surface area contributed by atoms with E-state index in [1.54, 1.807) is 0 Å². The second-order valence-corrected chi connectivity index (χ2v) is 5.04. The van der Waals surface area contributed by atoms with Gasteiger partial charge in [-0.1, -0.05) is 48.0 Å². The molecule has 0 aliphatic carbocycles. The zero-order valence-electron chi connectivity index (χ0n) is 11.2. The molecule has 0 aliphatic heterocycles. The number of nitrogens with one attached hydrogen (secondary N) is 1. The normalized spacial score (nSPS) is 10.3. The highest BCUT2D eigenvalue weighted by molar-refractivity contribution is 6.31. The SMILES string of the molecule is N#Cc1cc2ccccc2nc1NCc1ccccc1Cl. The third-order valence-electron chi connectivity index (χ3n) is 3.25. The Morgan fingerprint density at radius 1 is 1.10 bits per heavy atom. The minimum Gasteiger partial charge on any atom is -0.365 e. The fourth-order valence-corrected chi connectivity index (χ4v) is 2.36. The van der Waals surface area contributed by atoms with Gasteiger partial charge < -0.3 is 5.32 Å². The number of hydrogen-bond donors (Lipinski definition) is 1. The van der Waals surface area contributed by atoms with Crippen molar-refractivity contribution in [3.8, 4) is 6.07 Å². The first-order valence-corrected chi connectivity index (χ1v) is 6.93. The van der Waals surface area contributed by atoms with E-state index < -0.39 is 0 Å². The van der Waals surface area contributed by atoms with Crippen molar-refractivity contribution in [1.82, 2.24) is 4.98 Å². The van der Waals surface area contributed by atoms with Crippen LogP contribution in [0.4, 0.5) is 5.82 Å². The van der Waals surface area contributed by atoms with Crippen molar-refractivity contribution in [2.45, 2.75) is 6.54 Å². The highest BCUT2D eigenvalue weighted by Crippen LogP contribution is 2.21. The van der Waals surface area contributed by atoms with Gasteiger partial charge in [0.05, 0.1) is 11.1 Å². The first kappa shape index (κ1) is 13.4. The summed E-state index contributed by atoms with van der Waals surface area (Å²) in [4.78, 5) is 4.51. The molecule has 102 valence electrons. The van der Waals surface area contributed by atoms with Crippen LogP contribution in [0.1, 0.15) is 11.1 Å². The van der Waals surface area contributed by atoms with Crippen LogP contribution in [0.5, 0.6) is 0 Å². The third-order valence-corrected chi connectivity index (χ3v) is 3.62. The van der Waals surface area contributed by atoms with Crippen molar-refractivity contribution < 1.29 is 0 Å². The molecule has 0 saturated carbocycles. The van der Waals surface area contributed by atoms with Crippen molar-refractivity contribution in [3.05, 3.63) is 70.7 Å². The van der Waals surface area contributed by atoms with Crippen LogP contribution >= 0.6 is 11.6 Å². The summed E-state index contributed by atoms with van der Waals surface area (Å²) in [5.74, 6) is 0.580. The van der Waals surface area contributed by atoms with E-state index >= 15 is 0 Å². The minimum atomic E-state index is 0.527. The summed E-state index contributed by atoms with van der Waals surface area (Å²) < 4.78 is 0. The van der Waals surface area contributed by atoms with Crippen LogP contribution in [0.15, 0.2) is 54.6 Å². The zero-order valence-corrected chi connectivity index (χ0v) is 11.9. The summed E-state index contributed by atoms with van der Waals surface area (Å²) >= 11 is 6.13. The number of benzene rings is 2. The maximum Gasteiger partial charge on any atom is 0.144 e. The summed E-state index contributed by atoms with van der Waals surface area (Å²) in [5.41, 5.74) is 2.36. The Hall–Kier alpha value is -2.57. The highest BCUT2D eigenvalue weighted by Gasteiger charge is 2.07. The summed E-state index contributed by atoms with van der Waals surface area (Å²) in [6, 6.07) is 19.4. The second kappa shape index (κ2) is 5.82. The molecule has 0 fully saturated rings. The van der Waals surface area contributed by atoms with E-state index in [-0.39, 0.29) is 0 Å². The van der Waals surface area contributed by atoms with Crippen molar-refractivity contribution >= 4 is 28.3 Å². The average molecular weight is 294 g/mol. The Morgan fingerprint density at radius 3 is 2.67 bits per heavy atom. The Morgan fingerprint density at radius 2 is 1.86 bits per heavy atom. The van der Waals surface area contributed by atoms with Gasteiger partial charge in [0.1, 0.15) is 11.9 Å². The molecular formula is C17H12ClN3. The molecular weight excluding hydrogens is 282 g/mol. The van der Waals surface area contributed by atoms with Crippen molar-refractivity contribution in [3.63, 3.8) is 0 Å². The quantitative estimate of drug-likeness (QED) is 0.780. The van der Waals surface area contributed by atoms with Crippen LogP contribution in [0.3, 0.4) is 0 Å². The largest absolute Gasteiger partial charge is 0.365 e. The van der Waals surface area contributed by atoms with Gasteiger partial charge in [-0.15, -0.1) is 0 Å². The molecule has 1 N–H and O–H groups in total. The molecule has 2 aromatic carbocycles. The smallest absolute Gasteiger partial charge is 0.144 e. The van der Waals surface area contributed by atoms with Gasteiger partial charge in [-0.25, -0.2) is 4.98 Å². The Balaban J connectivity index is 1.93. The number of halogens is 1. The number of aromatic nitrogens is 1. The Kier molecular flexibility index (Phi) is 3.72. The predicted molar refractivity (Wildman–Crippen MR) is 85.2 cm³/mol. The van der Waals surface area contributed by atoms with Gasteiger partial charge in [-0.2, -0.15) is 5.26 Å². The molecule has 3 aromatic rings. The monoisotopic (exact) mass is 293 g/mol. The molecule has 0 unspecified atom stereocenters. The van der Waals surface area contributed by atoms with Crippen LogP contribution in [-0.4, -0.2) is 4.98 Å². The molecule has 0 amide bonds. The zero-order chi connectivity index (χ0) is 14.7. The molecule has 3 rings (SSSR count). The number of pyridine rings is 1. The lowest BCUT2D eigenvalue weighted by atomic mass is 10.1. The first-order chi connectivity index (χ1) is 10.3. The molecule has 0 atom stereocenters. The third kappa shape index (κ3) is 2.81. The number of nitriles is 1. The second-order valence-electron chi connectivity index (χ2n) is 4.63. The minimum absolute atomic E-state index is 0.527. The van der Waals surface area contributed by atoms with Crippen LogP contribution in [0, 0.1) is 11.3 Å². The number of hydrogen-bond acceptors (Lipinski definition) is 3. The molecule has 1 aromatic heterocycles. The lowest BCUT2D eigenvalue weighted by molar-refractivity contribution is 1.12. The maximum atomic E-state index is 9.27. The highest BCUT2D eigenvalue weighted by atomic mass is 35.5. The summed E-state index contributed by atoms with van der Waals surface area (Å²) in [6.07, 6.45) is 0. The van der Waals surface area contributed by atoms with E-state index in [1.165, 1.54) is 0 Å². The molecule has 0 aliphatic rings. The van der Waals surface area contributed by atoms with Gasteiger partial charge in [0.2, 0.25) is 0 Å². The number of rotatable bonds is 3. The van der Waals surface area contributed by atoms with E-state index in [0.29, 0.717) is 22.9 Å². The van der Waals surface area contributed by atoms with Crippen LogP contribution in [0.2, 0.25) is 5.02 Å². The van der Waals surface area contributed by atoms with E-state index in [0.717, 1.165) is 16.5 Å². The molecule has 1 heterocycles. The Labute approximate surface area is 127 Å². The van der Waals surface area contributed by atoms with Gasteiger partial charge in [0, 0.05) is 17.0 Å². The van der Waals surface area contributed by atoms with Gasteiger partial charge in [-0.05, 0) is 23.8 Å². The molecule has 0 saturated heterocycles. The molecule has 3 nitrogen and oxygen atoms in total. The topological polar surface area (TPSA) is 48.7 Å². The number of anilines is 1. The van der Waals surface area contributed by atoms with Crippen LogP contribution in [-0.2, 0) is 6.54 Å². The fourth-order valence-electron chi connectivity index (χ4n) is 2.16. The van der Waals surface area contributed by atoms with Gasteiger partial charge in [-0.3, -0.25) is 0 Å². The van der Waals surface area contributed by atoms with Crippen molar-refractivity contribution in [1.29, 1.82) is 5.26 Å². The predicted octanol–water partition coefficient (Wildman–Crippen LogP) is 4.37. The van der Waals surface area contributed by atoms with Gasteiger partial charge in [0.15, 0.2) is 0 Å². The number of nitrogens with zero attached hydrogens (tertiary/aromatic N) is 2. The number of fused-ring (bicyclic) bond motifs is 1. The first-order valence-electron chi connectivity index (χ1n) is 6.55. The average Bonchev–Trinajstić information content (AvgIpc) is 2.53. The van der Waals surface area contributed by atoms with Crippen LogP contribution < -0.4 is 5.32 Å². The molecule has 0 radical (unpaired) electrons. The van der Waals surface area contributed by atoms with E-state index in [9.17, 15) is 5.26 Å². The van der Waals surface area contributed by atoms with E-state index in [2.05, 4.69) is 16.4 Å². The van der Waals surface area contributed by atoms with Gasteiger partial charge >= 0.3 is 0 Å². The molecule has 0 spiro atoms. The summed E-state index contributed by atoms with van der Waals surface area (Å²) in [5, 5.41) is 14.1. The summed E-state index contributed by atoms with van der Waals surface area (Å²) in [6.45, 7) is 0.527. The number of para-hydroxylation sites is 1. The van der Waals surface area contributed by atoms with Crippen molar-refractivity contribution in [2.75, 3.05) is 5.32 Å². The molecule has 21 heavy (non-hydrogen) atoms. The standard InChI is InChI=1S/C17H12ClN3/c18-15-7-3-1-6-13(15)11-20-17-14(10-19)9-12-5-2-4-8-16(12)21-17/h1-9H,11H2,(H,20,21). The maximum absolute atomic E-state index is 9.27.